The first-order chi connectivity index (χ1) is 15.5. The van der Waals surface area contributed by atoms with Crippen LogP contribution in [0.15, 0.2) is 44.1 Å². The van der Waals surface area contributed by atoms with Gasteiger partial charge in [0.2, 0.25) is 5.95 Å². The van der Waals surface area contributed by atoms with Crippen molar-refractivity contribution in [3.63, 3.8) is 0 Å². The van der Waals surface area contributed by atoms with E-state index in [2.05, 4.69) is 25.1 Å². The van der Waals surface area contributed by atoms with Crippen molar-refractivity contribution in [1.29, 1.82) is 0 Å². The standard InChI is InChI=1S/C20H22N8O4/c1-25-17-16(18(29)24-20(25)30)27(19(23-17)26-10-3-2-4-11-26)12-9-21-22-13-14-5-7-15(8-6-14)28(31)32/h5-9,13H,2-4,10-12H2,1H3,(H,24,29,30)/b21-9-,22-13-. The Kier molecular flexibility index (Phi) is 5.92. The number of imidazole rings is 1. The van der Waals surface area contributed by atoms with E-state index in [1.54, 1.807) is 30.0 Å². The van der Waals surface area contributed by atoms with Gasteiger partial charge in [-0.05, 0) is 37.0 Å². The number of nitrogens with zero attached hydrogens (tertiary/aromatic N) is 7. The van der Waals surface area contributed by atoms with Gasteiger partial charge in [0, 0.05) is 38.5 Å². The number of anilines is 1. The number of aryl methyl sites for hydroxylation is 1. The minimum atomic E-state index is -0.515. The van der Waals surface area contributed by atoms with Gasteiger partial charge in [0.1, 0.15) is 0 Å². The Morgan fingerprint density at radius 1 is 1.16 bits per heavy atom. The smallest absolute Gasteiger partial charge is 0.329 e. The molecule has 1 aliphatic rings. The van der Waals surface area contributed by atoms with E-state index in [0.717, 1.165) is 32.4 Å². The number of piperidine rings is 1. The average molecular weight is 438 g/mol. The van der Waals surface area contributed by atoms with E-state index >= 15 is 0 Å². The van der Waals surface area contributed by atoms with Crippen molar-refractivity contribution in [1.82, 2.24) is 19.1 Å². The van der Waals surface area contributed by atoms with Gasteiger partial charge in [-0.15, -0.1) is 0 Å². The van der Waals surface area contributed by atoms with Crippen molar-refractivity contribution in [3.05, 3.63) is 60.8 Å². The number of rotatable bonds is 6. The van der Waals surface area contributed by atoms with Crippen LogP contribution in [-0.2, 0) is 13.6 Å². The van der Waals surface area contributed by atoms with E-state index in [1.807, 2.05) is 0 Å². The number of non-ortho nitro benzene ring substituents is 1. The Labute approximate surface area is 181 Å². The van der Waals surface area contributed by atoms with Crippen LogP contribution in [-0.4, -0.2) is 49.5 Å². The zero-order valence-electron chi connectivity index (χ0n) is 17.5. The first kappa shape index (κ1) is 21.2. The molecule has 3 aromatic rings. The summed E-state index contributed by atoms with van der Waals surface area (Å²) in [5, 5.41) is 18.7. The minimum absolute atomic E-state index is 0.00232. The number of nitrogens with one attached hydrogen (secondary N) is 1. The Bertz CT molecular complexity index is 1310. The summed E-state index contributed by atoms with van der Waals surface area (Å²) >= 11 is 0. The fourth-order valence-corrected chi connectivity index (χ4v) is 3.68. The molecule has 0 amide bonds. The molecular formula is C20H22N8O4. The lowest BCUT2D eigenvalue weighted by atomic mass is 10.1. The lowest BCUT2D eigenvalue weighted by Gasteiger charge is -2.27. The molecule has 0 saturated carbocycles. The largest absolute Gasteiger partial charge is 0.342 e. The van der Waals surface area contributed by atoms with Crippen LogP contribution < -0.4 is 16.1 Å². The number of nitro benzene ring substituents is 1. The van der Waals surface area contributed by atoms with Gasteiger partial charge in [-0.1, -0.05) is 0 Å². The highest BCUT2D eigenvalue weighted by Gasteiger charge is 2.22. The molecule has 12 nitrogen and oxygen atoms in total. The number of hydrogen-bond donors (Lipinski definition) is 1. The van der Waals surface area contributed by atoms with Gasteiger partial charge in [-0.3, -0.25) is 29.0 Å². The third kappa shape index (κ3) is 4.19. The molecule has 1 aliphatic heterocycles. The number of benzene rings is 1. The molecule has 32 heavy (non-hydrogen) atoms. The van der Waals surface area contributed by atoms with Gasteiger partial charge in [-0.2, -0.15) is 15.2 Å². The van der Waals surface area contributed by atoms with E-state index in [9.17, 15) is 19.7 Å². The van der Waals surface area contributed by atoms with Gasteiger partial charge < -0.3 is 4.90 Å². The molecule has 0 radical (unpaired) electrons. The highest BCUT2D eigenvalue weighted by atomic mass is 16.6. The van der Waals surface area contributed by atoms with Gasteiger partial charge in [0.05, 0.1) is 17.7 Å². The Balaban J connectivity index is 1.61. The summed E-state index contributed by atoms with van der Waals surface area (Å²) in [6, 6.07) is 5.94. The molecule has 0 bridgehead atoms. The van der Waals surface area contributed by atoms with E-state index in [-0.39, 0.29) is 12.2 Å². The molecule has 4 rings (SSSR count). The topological polar surface area (TPSA) is 144 Å². The van der Waals surface area contributed by atoms with Crippen molar-refractivity contribution in [2.75, 3.05) is 18.0 Å². The number of fused-ring (bicyclic) bond motifs is 1. The molecule has 1 saturated heterocycles. The average Bonchev–Trinajstić information content (AvgIpc) is 3.18. The van der Waals surface area contributed by atoms with E-state index in [1.165, 1.54) is 22.9 Å². The van der Waals surface area contributed by atoms with Crippen molar-refractivity contribution >= 4 is 35.2 Å². The first-order valence-electron chi connectivity index (χ1n) is 10.2. The third-order valence-electron chi connectivity index (χ3n) is 5.35. The summed E-state index contributed by atoms with van der Waals surface area (Å²) < 4.78 is 3.06. The van der Waals surface area contributed by atoms with Crippen molar-refractivity contribution < 1.29 is 4.92 Å². The predicted molar refractivity (Wildman–Crippen MR) is 121 cm³/mol. The summed E-state index contributed by atoms with van der Waals surface area (Å²) in [7, 11) is 1.57. The van der Waals surface area contributed by atoms with E-state index in [0.29, 0.717) is 22.7 Å². The maximum Gasteiger partial charge on any atom is 0.329 e. The number of nitro groups is 1. The quantitative estimate of drug-likeness (QED) is 0.350. The second-order valence-corrected chi connectivity index (χ2v) is 7.45. The molecule has 0 spiro atoms. The lowest BCUT2D eigenvalue weighted by Crippen LogP contribution is -2.32. The molecular weight excluding hydrogens is 416 g/mol. The second-order valence-electron chi connectivity index (χ2n) is 7.45. The molecule has 166 valence electrons. The molecule has 0 aliphatic carbocycles. The van der Waals surface area contributed by atoms with Crippen molar-refractivity contribution in [3.8, 4) is 0 Å². The summed E-state index contributed by atoms with van der Waals surface area (Å²) in [6.07, 6.45) is 6.24. The monoisotopic (exact) mass is 438 g/mol. The number of H-pyrrole nitrogens is 1. The Morgan fingerprint density at radius 2 is 1.88 bits per heavy atom. The van der Waals surface area contributed by atoms with Gasteiger partial charge >= 0.3 is 5.69 Å². The fourth-order valence-electron chi connectivity index (χ4n) is 3.68. The third-order valence-corrected chi connectivity index (χ3v) is 5.35. The van der Waals surface area contributed by atoms with E-state index < -0.39 is 16.2 Å². The maximum absolute atomic E-state index is 12.5. The molecule has 0 atom stereocenters. The number of hydrogen-bond acceptors (Lipinski definition) is 8. The summed E-state index contributed by atoms with van der Waals surface area (Å²) in [4.78, 5) is 43.8. The van der Waals surface area contributed by atoms with Gasteiger partial charge in [0.15, 0.2) is 11.2 Å². The molecule has 2 aromatic heterocycles. The highest BCUT2D eigenvalue weighted by Crippen LogP contribution is 2.22. The maximum atomic E-state index is 12.5. The molecule has 1 aromatic carbocycles. The molecule has 12 heteroatoms. The molecule has 3 heterocycles. The van der Waals surface area contributed by atoms with Crippen LogP contribution in [0.25, 0.3) is 11.2 Å². The Hall–Kier alpha value is -4.09. The van der Waals surface area contributed by atoms with Crippen LogP contribution in [0.1, 0.15) is 24.8 Å². The van der Waals surface area contributed by atoms with E-state index in [4.69, 9.17) is 0 Å². The van der Waals surface area contributed by atoms with Crippen molar-refractivity contribution in [2.45, 2.75) is 25.8 Å². The summed E-state index contributed by atoms with van der Waals surface area (Å²) in [5.74, 6) is 0.622. The van der Waals surface area contributed by atoms with Crippen LogP contribution in [0, 0.1) is 10.1 Å². The van der Waals surface area contributed by atoms with Crippen LogP contribution in [0.2, 0.25) is 0 Å². The van der Waals surface area contributed by atoms with Crippen LogP contribution in [0.3, 0.4) is 0 Å². The first-order valence-corrected chi connectivity index (χ1v) is 10.2. The zero-order valence-corrected chi connectivity index (χ0v) is 17.5. The van der Waals surface area contributed by atoms with Crippen molar-refractivity contribution in [2.24, 2.45) is 17.3 Å². The number of aromatic nitrogens is 4. The highest BCUT2D eigenvalue weighted by molar-refractivity contribution is 5.80. The number of aromatic amines is 1. The van der Waals surface area contributed by atoms with Crippen LogP contribution in [0.4, 0.5) is 11.6 Å². The van der Waals surface area contributed by atoms with Crippen LogP contribution in [0.5, 0.6) is 0 Å². The Morgan fingerprint density at radius 3 is 2.56 bits per heavy atom. The molecule has 0 unspecified atom stereocenters. The van der Waals surface area contributed by atoms with Gasteiger partial charge in [-0.25, -0.2) is 4.79 Å². The normalized spacial score (nSPS) is 14.7. The lowest BCUT2D eigenvalue weighted by molar-refractivity contribution is -0.384. The van der Waals surface area contributed by atoms with Crippen LogP contribution >= 0.6 is 0 Å². The fraction of sp³-hybridized carbons (Fsp3) is 0.350. The minimum Gasteiger partial charge on any atom is -0.342 e. The molecule has 1 N–H and O–H groups in total. The SMILES string of the molecule is Cn1c(=O)[nH]c(=O)c2c1nc(N1CCCCC1)n2C/C=N\N=C/c1ccc([N+](=O)[O-])cc1. The summed E-state index contributed by atoms with van der Waals surface area (Å²) in [5.41, 5.74) is 0.282. The predicted octanol–water partition coefficient (Wildman–Crippen LogP) is 1.43. The zero-order chi connectivity index (χ0) is 22.7. The second kappa shape index (κ2) is 8.96. The summed E-state index contributed by atoms with van der Waals surface area (Å²) in [6.45, 7) is 1.89. The van der Waals surface area contributed by atoms with Gasteiger partial charge in [0.25, 0.3) is 11.2 Å². The molecule has 1 fully saturated rings.